The number of methoxy groups -OCH3 is 1. The lowest BCUT2D eigenvalue weighted by molar-refractivity contribution is -0.117. The number of ether oxygens (including phenoxy) is 1. The van der Waals surface area contributed by atoms with Gasteiger partial charge in [0.2, 0.25) is 0 Å². The molecule has 0 saturated carbocycles. The summed E-state index contributed by atoms with van der Waals surface area (Å²) in [6.45, 7) is 0. The van der Waals surface area contributed by atoms with Crippen molar-refractivity contribution < 1.29 is 9.84 Å². The molecule has 1 aromatic rings. The Morgan fingerprint density at radius 1 is 1.50 bits per heavy atom. The van der Waals surface area contributed by atoms with E-state index in [0.29, 0.717) is 11.4 Å². The minimum absolute atomic E-state index is 0.316. The molecular formula is C9H10ClO2. The molecule has 1 rings (SSSR count). The van der Waals surface area contributed by atoms with Crippen LogP contribution in [-0.2, 0) is 16.3 Å². The average molecular weight is 186 g/mol. The Morgan fingerprint density at radius 3 is 2.75 bits per heavy atom. The molecule has 65 valence electrons. The monoisotopic (exact) mass is 185 g/mol. The van der Waals surface area contributed by atoms with Crippen LogP contribution in [0.3, 0.4) is 0 Å². The van der Waals surface area contributed by atoms with E-state index >= 15 is 0 Å². The molecular weight excluding hydrogens is 176 g/mol. The van der Waals surface area contributed by atoms with Crippen molar-refractivity contribution in [3.63, 3.8) is 0 Å². The van der Waals surface area contributed by atoms with Crippen LogP contribution in [0.2, 0.25) is 5.02 Å². The topological polar surface area (TPSA) is 29.1 Å². The number of halogens is 1. The fraction of sp³-hybridized carbons (Fsp3) is 0.333. The third-order valence-electron chi connectivity index (χ3n) is 1.61. The standard InChI is InChI=1S/C9H10ClO2/c1-12-9(11)6-7-4-2-3-5-8(7)10/h2-5,9H,6H2,1H3. The van der Waals surface area contributed by atoms with E-state index in [2.05, 4.69) is 4.74 Å². The minimum Gasteiger partial charge on any atom is -0.353 e. The average Bonchev–Trinajstić information content (AvgIpc) is 2.09. The second-order valence-corrected chi connectivity index (χ2v) is 2.87. The molecule has 0 N–H and O–H groups in total. The van der Waals surface area contributed by atoms with Crippen LogP contribution >= 0.6 is 11.6 Å². The summed E-state index contributed by atoms with van der Waals surface area (Å²) in [5.41, 5.74) is 0.834. The van der Waals surface area contributed by atoms with Crippen LogP contribution in [0.15, 0.2) is 24.3 Å². The molecule has 0 aliphatic rings. The van der Waals surface area contributed by atoms with Crippen LogP contribution in [0.4, 0.5) is 0 Å². The van der Waals surface area contributed by atoms with Crippen molar-refractivity contribution in [1.82, 2.24) is 0 Å². The molecule has 0 aliphatic carbocycles. The van der Waals surface area contributed by atoms with Crippen molar-refractivity contribution in [1.29, 1.82) is 0 Å². The molecule has 0 aromatic heterocycles. The zero-order valence-electron chi connectivity index (χ0n) is 6.79. The van der Waals surface area contributed by atoms with Crippen LogP contribution < -0.4 is 0 Å². The maximum Gasteiger partial charge on any atom is 0.195 e. The highest BCUT2D eigenvalue weighted by molar-refractivity contribution is 6.31. The summed E-state index contributed by atoms with van der Waals surface area (Å²) < 4.78 is 4.59. The van der Waals surface area contributed by atoms with Gasteiger partial charge < -0.3 is 4.74 Å². The molecule has 3 heteroatoms. The van der Waals surface area contributed by atoms with E-state index < -0.39 is 6.29 Å². The molecule has 1 aromatic carbocycles. The van der Waals surface area contributed by atoms with E-state index in [9.17, 15) is 5.11 Å². The molecule has 0 heterocycles. The summed E-state index contributed by atoms with van der Waals surface area (Å²) in [7, 11) is 1.40. The maximum absolute atomic E-state index is 10.9. The van der Waals surface area contributed by atoms with Gasteiger partial charge >= 0.3 is 0 Å². The number of benzene rings is 1. The zero-order valence-corrected chi connectivity index (χ0v) is 7.54. The molecule has 0 spiro atoms. The first kappa shape index (κ1) is 9.52. The Morgan fingerprint density at radius 2 is 2.17 bits per heavy atom. The Kier molecular flexibility index (Phi) is 3.53. The fourth-order valence-electron chi connectivity index (χ4n) is 0.927. The Hall–Kier alpha value is -0.570. The highest BCUT2D eigenvalue weighted by Crippen LogP contribution is 2.16. The summed E-state index contributed by atoms with van der Waals surface area (Å²) >= 11 is 5.83. The van der Waals surface area contributed by atoms with E-state index in [1.165, 1.54) is 7.11 Å². The lowest BCUT2D eigenvalue weighted by Gasteiger charge is -2.06. The molecule has 1 radical (unpaired) electrons. The molecule has 0 aliphatic heterocycles. The van der Waals surface area contributed by atoms with Gasteiger partial charge in [0.05, 0.1) is 0 Å². The van der Waals surface area contributed by atoms with E-state index in [1.807, 2.05) is 18.2 Å². The van der Waals surface area contributed by atoms with E-state index in [-0.39, 0.29) is 0 Å². The SMILES string of the molecule is COC([O])Cc1ccccc1Cl. The summed E-state index contributed by atoms with van der Waals surface area (Å²) in [6, 6.07) is 7.27. The molecule has 2 nitrogen and oxygen atoms in total. The first-order valence-electron chi connectivity index (χ1n) is 3.66. The summed E-state index contributed by atoms with van der Waals surface area (Å²) in [5.74, 6) is 0. The van der Waals surface area contributed by atoms with Gasteiger partial charge in [-0.25, -0.2) is 5.11 Å². The second kappa shape index (κ2) is 4.45. The number of hydrogen-bond donors (Lipinski definition) is 0. The van der Waals surface area contributed by atoms with Crippen molar-refractivity contribution in [2.75, 3.05) is 7.11 Å². The first-order valence-corrected chi connectivity index (χ1v) is 4.04. The Balaban J connectivity index is 2.69. The van der Waals surface area contributed by atoms with Gasteiger partial charge in [-0.1, -0.05) is 29.8 Å². The maximum atomic E-state index is 10.9. The Bertz CT molecular complexity index is 250. The summed E-state index contributed by atoms with van der Waals surface area (Å²) in [5, 5.41) is 11.6. The molecule has 1 unspecified atom stereocenters. The normalized spacial score (nSPS) is 12.9. The van der Waals surface area contributed by atoms with Crippen molar-refractivity contribution in [3.8, 4) is 0 Å². The third kappa shape index (κ3) is 2.48. The second-order valence-electron chi connectivity index (χ2n) is 2.46. The third-order valence-corrected chi connectivity index (χ3v) is 1.98. The van der Waals surface area contributed by atoms with Crippen molar-refractivity contribution in [2.24, 2.45) is 0 Å². The van der Waals surface area contributed by atoms with Gasteiger partial charge in [-0.3, -0.25) is 0 Å². The van der Waals surface area contributed by atoms with Gasteiger partial charge in [0.15, 0.2) is 6.29 Å². The van der Waals surface area contributed by atoms with Crippen LogP contribution in [-0.4, -0.2) is 13.4 Å². The van der Waals surface area contributed by atoms with Gasteiger partial charge in [0, 0.05) is 18.6 Å². The van der Waals surface area contributed by atoms with E-state index in [4.69, 9.17) is 11.6 Å². The number of rotatable bonds is 3. The van der Waals surface area contributed by atoms with Crippen molar-refractivity contribution >= 4 is 11.6 Å². The molecule has 12 heavy (non-hydrogen) atoms. The predicted molar refractivity (Wildman–Crippen MR) is 46.6 cm³/mol. The van der Waals surface area contributed by atoms with Gasteiger partial charge in [0.25, 0.3) is 0 Å². The lowest BCUT2D eigenvalue weighted by Crippen LogP contribution is -2.10. The molecule has 0 bridgehead atoms. The van der Waals surface area contributed by atoms with Gasteiger partial charge in [-0.05, 0) is 11.6 Å². The van der Waals surface area contributed by atoms with E-state index in [1.54, 1.807) is 6.07 Å². The molecule has 0 fully saturated rings. The van der Waals surface area contributed by atoms with Crippen LogP contribution in [0, 0.1) is 0 Å². The smallest absolute Gasteiger partial charge is 0.195 e. The number of hydrogen-bond acceptors (Lipinski definition) is 1. The van der Waals surface area contributed by atoms with Crippen LogP contribution in [0.1, 0.15) is 5.56 Å². The molecule has 0 amide bonds. The molecule has 0 saturated heterocycles. The summed E-state index contributed by atoms with van der Waals surface area (Å²) in [6.07, 6.45) is -0.708. The molecule has 1 atom stereocenters. The zero-order chi connectivity index (χ0) is 8.97. The van der Waals surface area contributed by atoms with Gasteiger partial charge in [0.1, 0.15) is 0 Å². The first-order chi connectivity index (χ1) is 5.74. The van der Waals surface area contributed by atoms with Gasteiger partial charge in [-0.2, -0.15) is 0 Å². The van der Waals surface area contributed by atoms with Crippen LogP contribution in [0.25, 0.3) is 0 Å². The highest BCUT2D eigenvalue weighted by atomic mass is 35.5. The van der Waals surface area contributed by atoms with Gasteiger partial charge in [-0.15, -0.1) is 0 Å². The Labute approximate surface area is 76.7 Å². The van der Waals surface area contributed by atoms with Crippen LogP contribution in [0.5, 0.6) is 0 Å². The minimum atomic E-state index is -1.02. The quantitative estimate of drug-likeness (QED) is 0.665. The van der Waals surface area contributed by atoms with Crippen molar-refractivity contribution in [2.45, 2.75) is 12.7 Å². The highest BCUT2D eigenvalue weighted by Gasteiger charge is 2.07. The fourth-order valence-corrected chi connectivity index (χ4v) is 1.14. The summed E-state index contributed by atoms with van der Waals surface area (Å²) in [4.78, 5) is 0. The van der Waals surface area contributed by atoms with E-state index in [0.717, 1.165) is 5.56 Å². The largest absolute Gasteiger partial charge is 0.353 e. The van der Waals surface area contributed by atoms with Crippen molar-refractivity contribution in [3.05, 3.63) is 34.9 Å². The lowest BCUT2D eigenvalue weighted by atomic mass is 10.1. The predicted octanol–water partition coefficient (Wildman–Crippen LogP) is 2.29.